The van der Waals surface area contributed by atoms with Gasteiger partial charge in [-0.3, -0.25) is 4.79 Å². The fourth-order valence-electron chi connectivity index (χ4n) is 1.52. The van der Waals surface area contributed by atoms with Crippen LogP contribution in [0.5, 0.6) is 0 Å². The summed E-state index contributed by atoms with van der Waals surface area (Å²) in [4.78, 5) is 11.7. The summed E-state index contributed by atoms with van der Waals surface area (Å²) >= 11 is 0. The number of nitrogens with one attached hydrogen (secondary N) is 1. The SMILES string of the molecule is Nc1ccccc1NC(=O)CCc1ccco1. The molecular weight excluding hydrogens is 216 g/mol. The summed E-state index contributed by atoms with van der Waals surface area (Å²) in [7, 11) is 0. The van der Waals surface area contributed by atoms with Gasteiger partial charge >= 0.3 is 0 Å². The van der Waals surface area contributed by atoms with Crippen molar-refractivity contribution in [1.29, 1.82) is 0 Å². The van der Waals surface area contributed by atoms with Crippen LogP contribution in [0.4, 0.5) is 11.4 Å². The molecule has 2 aromatic rings. The van der Waals surface area contributed by atoms with Gasteiger partial charge in [-0.05, 0) is 24.3 Å². The van der Waals surface area contributed by atoms with Crippen molar-refractivity contribution in [3.63, 3.8) is 0 Å². The zero-order chi connectivity index (χ0) is 12.1. The summed E-state index contributed by atoms with van der Waals surface area (Å²) in [5, 5.41) is 2.77. The van der Waals surface area contributed by atoms with Gasteiger partial charge < -0.3 is 15.5 Å². The van der Waals surface area contributed by atoms with Gasteiger partial charge in [-0.25, -0.2) is 0 Å². The molecule has 0 spiro atoms. The second kappa shape index (κ2) is 5.21. The molecule has 0 radical (unpaired) electrons. The highest BCUT2D eigenvalue weighted by molar-refractivity contribution is 5.93. The van der Waals surface area contributed by atoms with Gasteiger partial charge in [0.05, 0.1) is 17.6 Å². The molecule has 1 aromatic heterocycles. The van der Waals surface area contributed by atoms with Crippen LogP contribution in [0.25, 0.3) is 0 Å². The third-order valence-electron chi connectivity index (χ3n) is 2.41. The Balaban J connectivity index is 1.87. The van der Waals surface area contributed by atoms with E-state index in [1.807, 2.05) is 24.3 Å². The standard InChI is InChI=1S/C13H14N2O2/c14-11-5-1-2-6-12(11)15-13(16)8-7-10-4-3-9-17-10/h1-6,9H,7-8,14H2,(H,15,16). The zero-order valence-electron chi connectivity index (χ0n) is 9.35. The number of aryl methyl sites for hydroxylation is 1. The molecule has 0 saturated heterocycles. The highest BCUT2D eigenvalue weighted by atomic mass is 16.3. The van der Waals surface area contributed by atoms with Crippen LogP contribution < -0.4 is 11.1 Å². The summed E-state index contributed by atoms with van der Waals surface area (Å²) in [6, 6.07) is 10.8. The Kier molecular flexibility index (Phi) is 3.45. The maximum Gasteiger partial charge on any atom is 0.224 e. The number of hydrogen-bond acceptors (Lipinski definition) is 3. The van der Waals surface area contributed by atoms with Crippen molar-refractivity contribution in [3.8, 4) is 0 Å². The molecule has 0 saturated carbocycles. The lowest BCUT2D eigenvalue weighted by Crippen LogP contribution is -2.13. The van der Waals surface area contributed by atoms with E-state index in [1.54, 1.807) is 18.4 Å². The van der Waals surface area contributed by atoms with Gasteiger partial charge in [0.2, 0.25) is 5.91 Å². The molecule has 0 aliphatic heterocycles. The molecule has 17 heavy (non-hydrogen) atoms. The second-order valence-corrected chi connectivity index (χ2v) is 3.71. The Labute approximate surface area is 99.4 Å². The molecule has 88 valence electrons. The van der Waals surface area contributed by atoms with Gasteiger partial charge in [0, 0.05) is 12.8 Å². The van der Waals surface area contributed by atoms with Crippen molar-refractivity contribution < 1.29 is 9.21 Å². The molecule has 1 amide bonds. The average molecular weight is 230 g/mol. The molecule has 1 heterocycles. The number of carbonyl (C=O) groups excluding carboxylic acids is 1. The molecule has 0 bridgehead atoms. The smallest absolute Gasteiger partial charge is 0.224 e. The predicted molar refractivity (Wildman–Crippen MR) is 66.5 cm³/mol. The van der Waals surface area contributed by atoms with Gasteiger partial charge in [0.15, 0.2) is 0 Å². The van der Waals surface area contributed by atoms with Crippen LogP contribution in [0.3, 0.4) is 0 Å². The molecule has 1 aromatic carbocycles. The molecule has 4 heteroatoms. The topological polar surface area (TPSA) is 68.3 Å². The van der Waals surface area contributed by atoms with E-state index in [1.165, 1.54) is 0 Å². The summed E-state index contributed by atoms with van der Waals surface area (Å²) in [5.41, 5.74) is 6.94. The maximum atomic E-state index is 11.7. The highest BCUT2D eigenvalue weighted by Crippen LogP contribution is 2.17. The van der Waals surface area contributed by atoms with Crippen molar-refractivity contribution in [2.45, 2.75) is 12.8 Å². The summed E-state index contributed by atoms with van der Waals surface area (Å²) in [5.74, 6) is 0.737. The molecule has 0 aliphatic carbocycles. The lowest BCUT2D eigenvalue weighted by molar-refractivity contribution is -0.116. The van der Waals surface area contributed by atoms with E-state index in [4.69, 9.17) is 10.2 Å². The third kappa shape index (κ3) is 3.11. The number of nitrogen functional groups attached to an aromatic ring is 1. The van der Waals surface area contributed by atoms with E-state index < -0.39 is 0 Å². The Bertz CT molecular complexity index is 492. The van der Waals surface area contributed by atoms with Crippen molar-refractivity contribution in [3.05, 3.63) is 48.4 Å². The van der Waals surface area contributed by atoms with Crippen molar-refractivity contribution >= 4 is 17.3 Å². The first-order chi connectivity index (χ1) is 8.25. The van der Waals surface area contributed by atoms with Crippen LogP contribution in [0.2, 0.25) is 0 Å². The number of furan rings is 1. The second-order valence-electron chi connectivity index (χ2n) is 3.71. The number of carbonyl (C=O) groups is 1. The lowest BCUT2D eigenvalue weighted by atomic mass is 10.2. The Morgan fingerprint density at radius 1 is 1.24 bits per heavy atom. The van der Waals surface area contributed by atoms with Gasteiger partial charge in [0.1, 0.15) is 5.76 Å². The Hall–Kier alpha value is -2.23. The van der Waals surface area contributed by atoms with Crippen LogP contribution in [0, 0.1) is 0 Å². The van der Waals surface area contributed by atoms with Crippen LogP contribution >= 0.6 is 0 Å². The van der Waals surface area contributed by atoms with Crippen LogP contribution in [0.15, 0.2) is 47.1 Å². The first-order valence-corrected chi connectivity index (χ1v) is 5.42. The van der Waals surface area contributed by atoms with Crippen molar-refractivity contribution in [1.82, 2.24) is 0 Å². The molecule has 2 rings (SSSR count). The molecule has 0 unspecified atom stereocenters. The number of hydrogen-bond donors (Lipinski definition) is 2. The Morgan fingerprint density at radius 2 is 2.06 bits per heavy atom. The number of para-hydroxylation sites is 2. The van der Waals surface area contributed by atoms with Gasteiger partial charge in [0.25, 0.3) is 0 Å². The Morgan fingerprint density at radius 3 is 2.76 bits per heavy atom. The molecule has 0 fully saturated rings. The number of nitrogens with two attached hydrogens (primary N) is 1. The minimum absolute atomic E-state index is 0.0701. The quantitative estimate of drug-likeness (QED) is 0.792. The van der Waals surface area contributed by atoms with Crippen LogP contribution in [-0.4, -0.2) is 5.91 Å². The zero-order valence-corrected chi connectivity index (χ0v) is 9.35. The van der Waals surface area contributed by atoms with E-state index in [-0.39, 0.29) is 5.91 Å². The number of amides is 1. The minimum atomic E-state index is -0.0701. The largest absolute Gasteiger partial charge is 0.469 e. The average Bonchev–Trinajstić information content (AvgIpc) is 2.82. The van der Waals surface area contributed by atoms with Gasteiger partial charge in [-0.2, -0.15) is 0 Å². The van der Waals surface area contributed by atoms with E-state index in [2.05, 4.69) is 5.32 Å². The monoisotopic (exact) mass is 230 g/mol. The number of rotatable bonds is 4. The van der Waals surface area contributed by atoms with Crippen molar-refractivity contribution in [2.75, 3.05) is 11.1 Å². The number of anilines is 2. The normalized spacial score (nSPS) is 10.1. The molecule has 0 aliphatic rings. The van der Waals surface area contributed by atoms with E-state index >= 15 is 0 Å². The van der Waals surface area contributed by atoms with E-state index in [9.17, 15) is 4.79 Å². The van der Waals surface area contributed by atoms with Crippen molar-refractivity contribution in [2.24, 2.45) is 0 Å². The summed E-state index contributed by atoms with van der Waals surface area (Å²) < 4.78 is 5.15. The third-order valence-corrected chi connectivity index (χ3v) is 2.41. The van der Waals surface area contributed by atoms with Crippen LogP contribution in [-0.2, 0) is 11.2 Å². The predicted octanol–water partition coefficient (Wildman–Crippen LogP) is 2.43. The van der Waals surface area contributed by atoms with Gasteiger partial charge in [-0.15, -0.1) is 0 Å². The fraction of sp³-hybridized carbons (Fsp3) is 0.154. The van der Waals surface area contributed by atoms with E-state index in [0.29, 0.717) is 24.2 Å². The lowest BCUT2D eigenvalue weighted by Gasteiger charge is -2.06. The summed E-state index contributed by atoms with van der Waals surface area (Å²) in [6.07, 6.45) is 2.57. The molecule has 3 N–H and O–H groups in total. The molecule has 4 nitrogen and oxygen atoms in total. The van der Waals surface area contributed by atoms with E-state index in [0.717, 1.165) is 5.76 Å². The fourth-order valence-corrected chi connectivity index (χ4v) is 1.52. The van der Waals surface area contributed by atoms with Gasteiger partial charge in [-0.1, -0.05) is 12.1 Å². The summed E-state index contributed by atoms with van der Waals surface area (Å²) in [6.45, 7) is 0. The highest BCUT2D eigenvalue weighted by Gasteiger charge is 2.06. The minimum Gasteiger partial charge on any atom is -0.469 e. The molecule has 0 atom stereocenters. The first kappa shape index (κ1) is 11.3. The number of benzene rings is 1. The van der Waals surface area contributed by atoms with Crippen LogP contribution in [0.1, 0.15) is 12.2 Å². The first-order valence-electron chi connectivity index (χ1n) is 5.42. The maximum absolute atomic E-state index is 11.7. The molecular formula is C13H14N2O2.